The van der Waals surface area contributed by atoms with Crippen LogP contribution >= 0.6 is 11.3 Å². The van der Waals surface area contributed by atoms with Gasteiger partial charge >= 0.3 is 6.18 Å². The maximum Gasteiger partial charge on any atom is 0.451 e. The molecule has 2 aliphatic heterocycles. The van der Waals surface area contributed by atoms with Crippen molar-refractivity contribution in [2.75, 3.05) is 29.4 Å². The summed E-state index contributed by atoms with van der Waals surface area (Å²) in [6.07, 6.45) is -1.82. The maximum atomic E-state index is 13.3. The van der Waals surface area contributed by atoms with E-state index in [0.717, 1.165) is 34.0 Å². The Morgan fingerprint density at radius 3 is 2.72 bits per heavy atom. The maximum absolute atomic E-state index is 13.3. The van der Waals surface area contributed by atoms with Gasteiger partial charge in [-0.1, -0.05) is 27.2 Å². The van der Waals surface area contributed by atoms with E-state index in [1.54, 1.807) is 11.3 Å². The molecule has 1 N–H and O–H groups in total. The van der Waals surface area contributed by atoms with Crippen LogP contribution in [0.3, 0.4) is 0 Å². The molecule has 194 valence electrons. The van der Waals surface area contributed by atoms with Crippen LogP contribution in [0.4, 0.5) is 24.9 Å². The summed E-state index contributed by atoms with van der Waals surface area (Å²) in [7, 11) is 0. The highest BCUT2D eigenvalue weighted by Crippen LogP contribution is 2.36. The standard InChI is InChI=1S/C23H29F3N8OS/c1-4-5-15-10-16-18(32-8-9-34-17(12-32)30-31-21(34)23(24,25)26)28-22(29-20(16)36-15)33-7-6-14(11-33)27-19(35)13(2)3/h10,13-14H,4-9,11-12H2,1-3H3,(H,27,35)/t14-/m1/s1. The van der Waals surface area contributed by atoms with E-state index in [2.05, 4.69) is 33.4 Å². The lowest BCUT2D eigenvalue weighted by atomic mass is 10.2. The van der Waals surface area contributed by atoms with Gasteiger partial charge in [0.15, 0.2) is 5.82 Å². The van der Waals surface area contributed by atoms with Crippen LogP contribution in [0.25, 0.3) is 10.2 Å². The largest absolute Gasteiger partial charge is 0.451 e. The van der Waals surface area contributed by atoms with Gasteiger partial charge in [0.05, 0.1) is 11.9 Å². The number of carbonyl (C=O) groups is 1. The number of alkyl halides is 3. The number of thiophene rings is 1. The average molecular weight is 523 g/mol. The molecule has 5 heterocycles. The molecule has 3 aromatic rings. The van der Waals surface area contributed by atoms with Crippen molar-refractivity contribution >= 4 is 39.2 Å². The molecule has 0 aliphatic carbocycles. The highest BCUT2D eigenvalue weighted by atomic mass is 32.1. The first-order chi connectivity index (χ1) is 17.1. The highest BCUT2D eigenvalue weighted by Gasteiger charge is 2.40. The number of nitrogens with one attached hydrogen (secondary N) is 1. The number of fused-ring (bicyclic) bond motifs is 2. The lowest BCUT2D eigenvalue weighted by molar-refractivity contribution is -0.147. The second-order valence-electron chi connectivity index (χ2n) is 9.63. The van der Waals surface area contributed by atoms with Crippen molar-refractivity contribution in [1.82, 2.24) is 30.0 Å². The van der Waals surface area contributed by atoms with Crippen molar-refractivity contribution in [3.05, 3.63) is 22.6 Å². The van der Waals surface area contributed by atoms with Gasteiger partial charge in [-0.3, -0.25) is 4.79 Å². The molecule has 36 heavy (non-hydrogen) atoms. The number of nitrogens with zero attached hydrogens (tertiary/aromatic N) is 7. The van der Waals surface area contributed by atoms with E-state index < -0.39 is 12.0 Å². The fraction of sp³-hybridized carbons (Fsp3) is 0.609. The summed E-state index contributed by atoms with van der Waals surface area (Å²) in [6.45, 7) is 7.84. The molecule has 0 aromatic carbocycles. The molecule has 0 bridgehead atoms. The predicted octanol–water partition coefficient (Wildman–Crippen LogP) is 3.63. The number of aryl methyl sites for hydroxylation is 1. The zero-order valence-electron chi connectivity index (χ0n) is 20.5. The number of rotatable bonds is 6. The summed E-state index contributed by atoms with van der Waals surface area (Å²) in [4.78, 5) is 28.0. The van der Waals surface area contributed by atoms with Crippen LogP contribution in [0.1, 0.15) is 50.1 Å². The van der Waals surface area contributed by atoms with Gasteiger partial charge in [-0.2, -0.15) is 18.2 Å². The molecule has 1 fully saturated rings. The number of halogens is 3. The Morgan fingerprint density at radius 2 is 2.00 bits per heavy atom. The first kappa shape index (κ1) is 24.7. The fourth-order valence-electron chi connectivity index (χ4n) is 4.67. The van der Waals surface area contributed by atoms with Gasteiger partial charge < -0.3 is 19.7 Å². The molecule has 1 saturated heterocycles. The molecule has 9 nitrogen and oxygen atoms in total. The molecule has 1 amide bonds. The van der Waals surface area contributed by atoms with Gasteiger partial charge in [-0.25, -0.2) is 4.98 Å². The van der Waals surface area contributed by atoms with Crippen molar-refractivity contribution in [3.63, 3.8) is 0 Å². The molecule has 0 radical (unpaired) electrons. The number of amides is 1. The molecule has 1 atom stereocenters. The molecule has 13 heteroatoms. The number of anilines is 2. The molecule has 2 aliphatic rings. The lowest BCUT2D eigenvalue weighted by Crippen LogP contribution is -2.39. The van der Waals surface area contributed by atoms with E-state index in [4.69, 9.17) is 9.97 Å². The molecule has 0 unspecified atom stereocenters. The number of carbonyl (C=O) groups excluding carboxylic acids is 1. The Labute approximate surface area is 210 Å². The number of hydrogen-bond donors (Lipinski definition) is 1. The molecular weight excluding hydrogens is 493 g/mol. The van der Waals surface area contributed by atoms with Gasteiger partial charge in [0.2, 0.25) is 17.7 Å². The Hall–Kier alpha value is -2.96. The van der Waals surface area contributed by atoms with E-state index in [0.29, 0.717) is 31.4 Å². The summed E-state index contributed by atoms with van der Waals surface area (Å²) in [5.74, 6) is 0.525. The van der Waals surface area contributed by atoms with Crippen LogP contribution in [-0.2, 0) is 30.5 Å². The Bertz CT molecular complexity index is 1270. The minimum atomic E-state index is -4.54. The van der Waals surface area contributed by atoms with Crippen molar-refractivity contribution < 1.29 is 18.0 Å². The van der Waals surface area contributed by atoms with Gasteiger partial charge in [0.25, 0.3) is 0 Å². The van der Waals surface area contributed by atoms with E-state index in [9.17, 15) is 18.0 Å². The van der Waals surface area contributed by atoms with Crippen LogP contribution in [0.5, 0.6) is 0 Å². The molecule has 3 aromatic heterocycles. The smallest absolute Gasteiger partial charge is 0.351 e. The molecular formula is C23H29F3N8OS. The minimum absolute atomic E-state index is 0.0240. The van der Waals surface area contributed by atoms with Gasteiger partial charge in [0.1, 0.15) is 10.6 Å². The van der Waals surface area contributed by atoms with Crippen LogP contribution < -0.4 is 15.1 Å². The van der Waals surface area contributed by atoms with E-state index in [-0.39, 0.29) is 36.8 Å². The van der Waals surface area contributed by atoms with Crippen molar-refractivity contribution in [1.29, 1.82) is 0 Å². The minimum Gasteiger partial charge on any atom is -0.351 e. The summed E-state index contributed by atoms with van der Waals surface area (Å²) < 4.78 is 41.1. The zero-order chi connectivity index (χ0) is 25.6. The number of aromatic nitrogens is 5. The van der Waals surface area contributed by atoms with E-state index in [1.165, 1.54) is 4.88 Å². The zero-order valence-corrected chi connectivity index (χ0v) is 21.3. The van der Waals surface area contributed by atoms with Crippen molar-refractivity contribution in [3.8, 4) is 0 Å². The third-order valence-corrected chi connectivity index (χ3v) is 7.65. The normalized spacial score (nSPS) is 18.4. The fourth-order valence-corrected chi connectivity index (χ4v) is 5.79. The summed E-state index contributed by atoms with van der Waals surface area (Å²) in [5, 5.41) is 11.2. The van der Waals surface area contributed by atoms with Gasteiger partial charge in [0, 0.05) is 43.0 Å². The summed E-state index contributed by atoms with van der Waals surface area (Å²) in [6, 6.07) is 2.12. The quantitative estimate of drug-likeness (QED) is 0.529. The van der Waals surface area contributed by atoms with Crippen molar-refractivity contribution in [2.45, 2.75) is 65.3 Å². The second-order valence-corrected chi connectivity index (χ2v) is 10.7. The molecule has 5 rings (SSSR count). The third kappa shape index (κ3) is 4.72. The van der Waals surface area contributed by atoms with Gasteiger partial charge in [-0.15, -0.1) is 21.5 Å². The topological polar surface area (TPSA) is 92.1 Å². The highest BCUT2D eigenvalue weighted by molar-refractivity contribution is 7.18. The molecule has 0 saturated carbocycles. The van der Waals surface area contributed by atoms with Crippen LogP contribution in [0.15, 0.2) is 6.07 Å². The summed E-state index contributed by atoms with van der Waals surface area (Å²) in [5.41, 5.74) is 0. The monoisotopic (exact) mass is 522 g/mol. The van der Waals surface area contributed by atoms with Crippen LogP contribution in [0.2, 0.25) is 0 Å². The lowest BCUT2D eigenvalue weighted by Gasteiger charge is -2.30. The van der Waals surface area contributed by atoms with Crippen LogP contribution in [0, 0.1) is 5.92 Å². The second kappa shape index (κ2) is 9.49. The van der Waals surface area contributed by atoms with E-state index >= 15 is 0 Å². The number of hydrogen-bond acceptors (Lipinski definition) is 8. The molecule has 0 spiro atoms. The first-order valence-electron chi connectivity index (χ1n) is 12.2. The Balaban J connectivity index is 1.46. The van der Waals surface area contributed by atoms with Crippen molar-refractivity contribution in [2.24, 2.45) is 5.92 Å². The Morgan fingerprint density at radius 1 is 1.19 bits per heavy atom. The third-order valence-electron chi connectivity index (χ3n) is 6.56. The van der Waals surface area contributed by atoms with E-state index in [1.807, 2.05) is 18.7 Å². The average Bonchev–Trinajstić information content (AvgIpc) is 3.55. The SMILES string of the molecule is CCCc1cc2c(N3CCn4c(nnc4C(F)(F)F)C3)nc(N3CC[C@@H](NC(=O)C(C)C)C3)nc2s1. The Kier molecular flexibility index (Phi) is 6.52. The van der Waals surface area contributed by atoms with Crippen LogP contribution in [-0.4, -0.2) is 56.3 Å². The van der Waals surface area contributed by atoms with Gasteiger partial charge in [-0.05, 0) is 18.9 Å². The first-order valence-corrected chi connectivity index (χ1v) is 13.1. The predicted molar refractivity (Wildman–Crippen MR) is 131 cm³/mol. The summed E-state index contributed by atoms with van der Waals surface area (Å²) >= 11 is 1.63.